The van der Waals surface area contributed by atoms with E-state index in [1.165, 1.54) is 16.3 Å². The molecule has 5 heteroatoms. The number of aryl methyl sites for hydroxylation is 1. The van der Waals surface area contributed by atoms with Crippen molar-refractivity contribution >= 4 is 26.7 Å². The number of nitrogens with one attached hydrogen (secondary N) is 1. The summed E-state index contributed by atoms with van der Waals surface area (Å²) in [5.74, 6) is 0. The largest absolute Gasteiger partial charge is 0.308 e. The first-order chi connectivity index (χ1) is 9.72. The van der Waals surface area contributed by atoms with Gasteiger partial charge in [0, 0.05) is 7.05 Å². The van der Waals surface area contributed by atoms with E-state index in [0.717, 1.165) is 10.3 Å². The van der Waals surface area contributed by atoms with E-state index in [2.05, 4.69) is 74.0 Å². The van der Waals surface area contributed by atoms with E-state index >= 15 is 0 Å². The Kier molecular flexibility index (Phi) is 3.54. The Morgan fingerprint density at radius 1 is 1.15 bits per heavy atom. The third-order valence-corrected chi connectivity index (χ3v) is 4.09. The normalized spacial score (nSPS) is 12.8. The molecule has 0 aliphatic heterocycles. The lowest BCUT2D eigenvalue weighted by atomic mass is 9.97. The van der Waals surface area contributed by atoms with Crippen LogP contribution in [0.15, 0.2) is 47.1 Å². The van der Waals surface area contributed by atoms with Crippen molar-refractivity contribution < 1.29 is 0 Å². The molecule has 3 aromatic rings. The molecular weight excluding hydrogens is 316 g/mol. The van der Waals surface area contributed by atoms with Gasteiger partial charge in [0.15, 0.2) is 4.60 Å². The topological polar surface area (TPSA) is 42.7 Å². The average molecular weight is 331 g/mol. The van der Waals surface area contributed by atoms with Crippen molar-refractivity contribution in [2.75, 3.05) is 7.05 Å². The lowest BCUT2D eigenvalue weighted by Crippen LogP contribution is -2.21. The van der Waals surface area contributed by atoms with E-state index in [-0.39, 0.29) is 6.04 Å². The van der Waals surface area contributed by atoms with Gasteiger partial charge in [0.1, 0.15) is 0 Å². The second-order valence-corrected chi connectivity index (χ2v) is 5.43. The lowest BCUT2D eigenvalue weighted by Gasteiger charge is -2.19. The molecule has 1 aromatic heterocycles. The van der Waals surface area contributed by atoms with Gasteiger partial charge in [-0.1, -0.05) is 47.7 Å². The molecule has 0 bridgehead atoms. The summed E-state index contributed by atoms with van der Waals surface area (Å²) < 4.78 is 2.57. The van der Waals surface area contributed by atoms with Gasteiger partial charge in [-0.15, -0.1) is 5.10 Å². The molecule has 0 aliphatic rings. The monoisotopic (exact) mass is 330 g/mol. The molecule has 4 nitrogen and oxygen atoms in total. The molecule has 0 saturated carbocycles. The molecule has 1 atom stereocenters. The summed E-state index contributed by atoms with van der Waals surface area (Å²) in [4.78, 5) is 0. The molecule has 2 aromatic carbocycles. The number of benzene rings is 2. The molecule has 20 heavy (non-hydrogen) atoms. The van der Waals surface area contributed by atoms with Crippen LogP contribution in [-0.4, -0.2) is 22.0 Å². The third-order valence-electron chi connectivity index (χ3n) is 3.52. The van der Waals surface area contributed by atoms with Gasteiger partial charge < -0.3 is 5.32 Å². The summed E-state index contributed by atoms with van der Waals surface area (Å²) in [5.41, 5.74) is 2.24. The zero-order valence-electron chi connectivity index (χ0n) is 11.3. The van der Waals surface area contributed by atoms with Crippen LogP contribution in [0.2, 0.25) is 0 Å². The fourth-order valence-electron chi connectivity index (χ4n) is 2.59. The Labute approximate surface area is 125 Å². The molecule has 102 valence electrons. The Morgan fingerprint density at radius 3 is 2.60 bits per heavy atom. The minimum atomic E-state index is 0.0375. The molecule has 1 heterocycles. The standard InChI is InChI=1S/C15H15BrN4/c1-17-13(14-15(16)18-19-20(14)2)12-9-5-7-10-6-3-4-8-11(10)12/h3-9,13,17H,1-2H3. The van der Waals surface area contributed by atoms with Crippen molar-refractivity contribution in [2.45, 2.75) is 6.04 Å². The predicted octanol–water partition coefficient (Wildman–Crippen LogP) is 3.04. The first-order valence-electron chi connectivity index (χ1n) is 6.42. The van der Waals surface area contributed by atoms with Crippen molar-refractivity contribution in [3.05, 3.63) is 58.3 Å². The Balaban J connectivity index is 2.22. The second kappa shape index (κ2) is 5.34. The van der Waals surface area contributed by atoms with E-state index in [9.17, 15) is 0 Å². The lowest BCUT2D eigenvalue weighted by molar-refractivity contribution is 0.599. The van der Waals surface area contributed by atoms with Crippen LogP contribution in [0.5, 0.6) is 0 Å². The molecular formula is C15H15BrN4. The summed E-state index contributed by atoms with van der Waals surface area (Å²) in [6, 6.07) is 14.8. The predicted molar refractivity (Wildman–Crippen MR) is 83.6 cm³/mol. The molecule has 0 fully saturated rings. The van der Waals surface area contributed by atoms with Crippen LogP contribution >= 0.6 is 15.9 Å². The maximum atomic E-state index is 4.08. The van der Waals surface area contributed by atoms with E-state index in [1.807, 2.05) is 14.1 Å². The van der Waals surface area contributed by atoms with E-state index < -0.39 is 0 Å². The molecule has 0 radical (unpaired) electrons. The van der Waals surface area contributed by atoms with Gasteiger partial charge in [0.2, 0.25) is 0 Å². The quantitative estimate of drug-likeness (QED) is 0.802. The van der Waals surface area contributed by atoms with Crippen LogP contribution in [-0.2, 0) is 7.05 Å². The summed E-state index contributed by atoms with van der Waals surface area (Å²) in [5, 5.41) is 14.0. The van der Waals surface area contributed by atoms with Crippen molar-refractivity contribution in [1.82, 2.24) is 20.3 Å². The van der Waals surface area contributed by atoms with Gasteiger partial charge in [-0.05, 0) is 39.3 Å². The molecule has 0 spiro atoms. The van der Waals surface area contributed by atoms with E-state index in [1.54, 1.807) is 4.68 Å². The maximum absolute atomic E-state index is 4.08. The summed E-state index contributed by atoms with van der Waals surface area (Å²) in [6.07, 6.45) is 0. The molecule has 0 saturated heterocycles. The fraction of sp³-hybridized carbons (Fsp3) is 0.200. The highest BCUT2D eigenvalue weighted by atomic mass is 79.9. The first kappa shape index (κ1) is 13.3. The highest BCUT2D eigenvalue weighted by Gasteiger charge is 2.21. The van der Waals surface area contributed by atoms with Gasteiger partial charge in [-0.25, -0.2) is 4.68 Å². The smallest absolute Gasteiger partial charge is 0.153 e. The zero-order chi connectivity index (χ0) is 14.1. The minimum Gasteiger partial charge on any atom is -0.308 e. The van der Waals surface area contributed by atoms with Gasteiger partial charge in [-0.2, -0.15) is 0 Å². The number of fused-ring (bicyclic) bond motifs is 1. The highest BCUT2D eigenvalue weighted by molar-refractivity contribution is 9.10. The summed E-state index contributed by atoms with van der Waals surface area (Å²) >= 11 is 3.49. The minimum absolute atomic E-state index is 0.0375. The van der Waals surface area contributed by atoms with Crippen LogP contribution in [0.3, 0.4) is 0 Å². The molecule has 1 N–H and O–H groups in total. The number of aromatic nitrogens is 3. The SMILES string of the molecule is CNC(c1cccc2ccccc12)c1c(Br)nnn1C. The summed E-state index contributed by atoms with van der Waals surface area (Å²) in [6.45, 7) is 0. The number of rotatable bonds is 3. The van der Waals surface area contributed by atoms with Crippen LogP contribution in [0.1, 0.15) is 17.3 Å². The first-order valence-corrected chi connectivity index (χ1v) is 7.21. The fourth-order valence-corrected chi connectivity index (χ4v) is 3.14. The Hall–Kier alpha value is -1.72. The molecule has 3 rings (SSSR count). The molecule has 0 aliphatic carbocycles. The summed E-state index contributed by atoms with van der Waals surface area (Å²) in [7, 11) is 3.86. The van der Waals surface area contributed by atoms with Crippen molar-refractivity contribution in [3.63, 3.8) is 0 Å². The maximum Gasteiger partial charge on any atom is 0.153 e. The van der Waals surface area contributed by atoms with Gasteiger partial charge in [0.05, 0.1) is 11.7 Å². The number of nitrogens with zero attached hydrogens (tertiary/aromatic N) is 3. The van der Waals surface area contributed by atoms with E-state index in [0.29, 0.717) is 0 Å². The number of halogens is 1. The van der Waals surface area contributed by atoms with Gasteiger partial charge in [-0.3, -0.25) is 0 Å². The van der Waals surface area contributed by atoms with Crippen molar-refractivity contribution in [1.29, 1.82) is 0 Å². The van der Waals surface area contributed by atoms with Crippen LogP contribution in [0.4, 0.5) is 0 Å². The van der Waals surface area contributed by atoms with Crippen LogP contribution in [0, 0.1) is 0 Å². The van der Waals surface area contributed by atoms with Crippen LogP contribution < -0.4 is 5.32 Å². The number of hydrogen-bond donors (Lipinski definition) is 1. The van der Waals surface area contributed by atoms with E-state index in [4.69, 9.17) is 0 Å². The third kappa shape index (κ3) is 2.13. The van der Waals surface area contributed by atoms with Gasteiger partial charge in [0.25, 0.3) is 0 Å². The highest BCUT2D eigenvalue weighted by Crippen LogP contribution is 2.31. The van der Waals surface area contributed by atoms with Crippen molar-refractivity contribution in [2.24, 2.45) is 7.05 Å². The Bertz CT molecular complexity index is 726. The second-order valence-electron chi connectivity index (χ2n) is 4.68. The van der Waals surface area contributed by atoms with Crippen LogP contribution in [0.25, 0.3) is 10.8 Å². The van der Waals surface area contributed by atoms with Gasteiger partial charge >= 0.3 is 0 Å². The van der Waals surface area contributed by atoms with Crippen molar-refractivity contribution in [3.8, 4) is 0 Å². The zero-order valence-corrected chi connectivity index (χ0v) is 12.9. The number of hydrogen-bond acceptors (Lipinski definition) is 3. The molecule has 0 amide bonds. The average Bonchev–Trinajstić information content (AvgIpc) is 2.81. The Morgan fingerprint density at radius 2 is 1.90 bits per heavy atom. The molecule has 1 unspecified atom stereocenters.